The molecule has 0 unspecified atom stereocenters. The van der Waals surface area contributed by atoms with Crippen molar-refractivity contribution >= 4 is 23.8 Å². The zero-order valence-electron chi connectivity index (χ0n) is 15.1. The molecule has 1 heterocycles. The summed E-state index contributed by atoms with van der Waals surface area (Å²) in [5.74, 6) is -2.57. The number of rotatable bonds is 5. The number of nitrogens with zero attached hydrogens (tertiary/aromatic N) is 1. The van der Waals surface area contributed by atoms with Crippen molar-refractivity contribution in [2.24, 2.45) is 0 Å². The molecular formula is C20H17NO7. The van der Waals surface area contributed by atoms with Crippen LogP contribution in [0.15, 0.2) is 48.5 Å². The highest BCUT2D eigenvalue weighted by Crippen LogP contribution is 2.31. The molecule has 144 valence electrons. The maximum Gasteiger partial charge on any atom is 0.332 e. The number of ether oxygens (including phenoxy) is 2. The number of imide groups is 1. The van der Waals surface area contributed by atoms with Crippen molar-refractivity contribution < 1.29 is 33.8 Å². The zero-order valence-corrected chi connectivity index (χ0v) is 15.1. The van der Waals surface area contributed by atoms with Gasteiger partial charge < -0.3 is 14.6 Å². The highest BCUT2D eigenvalue weighted by Gasteiger charge is 2.46. The summed E-state index contributed by atoms with van der Waals surface area (Å²) in [7, 11) is 1.10. The average Bonchev–Trinajstić information content (AvgIpc) is 2.93. The van der Waals surface area contributed by atoms with Crippen molar-refractivity contribution in [1.82, 2.24) is 4.90 Å². The molecule has 0 spiro atoms. The van der Waals surface area contributed by atoms with Gasteiger partial charge in [-0.05, 0) is 29.8 Å². The van der Waals surface area contributed by atoms with Gasteiger partial charge in [-0.15, -0.1) is 0 Å². The number of benzene rings is 2. The van der Waals surface area contributed by atoms with E-state index >= 15 is 0 Å². The van der Waals surface area contributed by atoms with E-state index in [1.165, 1.54) is 43.3 Å². The summed E-state index contributed by atoms with van der Waals surface area (Å²) in [6.45, 7) is 1.25. The van der Waals surface area contributed by atoms with Crippen molar-refractivity contribution in [2.75, 3.05) is 7.11 Å². The Balaban J connectivity index is 1.95. The van der Waals surface area contributed by atoms with Gasteiger partial charge in [0.05, 0.1) is 18.2 Å². The SMILES string of the molecule is COC(=O)[C@H]([C@@H](O)c1ccc(OC(C)=O)cc1)N1C(=O)c2ccccc2C1=O. The van der Waals surface area contributed by atoms with E-state index in [1.807, 2.05) is 0 Å². The number of carbonyl (C=O) groups excluding carboxylic acids is 4. The van der Waals surface area contributed by atoms with Gasteiger partial charge in [-0.1, -0.05) is 24.3 Å². The number of aliphatic hydroxyl groups excluding tert-OH is 1. The van der Waals surface area contributed by atoms with Crippen LogP contribution in [0.2, 0.25) is 0 Å². The third-order valence-corrected chi connectivity index (χ3v) is 4.33. The summed E-state index contributed by atoms with van der Waals surface area (Å²) >= 11 is 0. The average molecular weight is 383 g/mol. The van der Waals surface area contributed by atoms with Crippen LogP contribution in [0.25, 0.3) is 0 Å². The molecule has 0 saturated carbocycles. The smallest absolute Gasteiger partial charge is 0.332 e. The third kappa shape index (κ3) is 3.37. The van der Waals surface area contributed by atoms with Crippen molar-refractivity contribution in [3.05, 3.63) is 65.2 Å². The summed E-state index contributed by atoms with van der Waals surface area (Å²) in [5, 5.41) is 10.8. The first-order valence-electron chi connectivity index (χ1n) is 8.36. The normalized spacial score (nSPS) is 15.0. The van der Waals surface area contributed by atoms with Crippen molar-refractivity contribution in [3.8, 4) is 5.75 Å². The van der Waals surface area contributed by atoms with E-state index in [0.29, 0.717) is 4.90 Å². The van der Waals surface area contributed by atoms with Gasteiger partial charge in [0.25, 0.3) is 11.8 Å². The lowest BCUT2D eigenvalue weighted by Crippen LogP contribution is -2.49. The van der Waals surface area contributed by atoms with Crippen LogP contribution in [-0.4, -0.2) is 46.9 Å². The Hall–Kier alpha value is -3.52. The van der Waals surface area contributed by atoms with E-state index < -0.39 is 35.9 Å². The van der Waals surface area contributed by atoms with Gasteiger partial charge >= 0.3 is 11.9 Å². The maximum absolute atomic E-state index is 12.7. The summed E-state index contributed by atoms with van der Waals surface area (Å²) in [6, 6.07) is 10.3. The first-order valence-corrected chi connectivity index (χ1v) is 8.36. The van der Waals surface area contributed by atoms with E-state index in [4.69, 9.17) is 9.47 Å². The van der Waals surface area contributed by atoms with E-state index in [1.54, 1.807) is 12.1 Å². The zero-order chi connectivity index (χ0) is 20.4. The van der Waals surface area contributed by atoms with Gasteiger partial charge in [0.15, 0.2) is 6.04 Å². The van der Waals surface area contributed by atoms with Crippen molar-refractivity contribution in [1.29, 1.82) is 0 Å². The predicted octanol–water partition coefficient (Wildman–Crippen LogP) is 1.48. The molecule has 2 aromatic rings. The fourth-order valence-electron chi connectivity index (χ4n) is 3.04. The largest absolute Gasteiger partial charge is 0.467 e. The first kappa shape index (κ1) is 19.2. The van der Waals surface area contributed by atoms with Gasteiger partial charge in [-0.2, -0.15) is 0 Å². The number of hydrogen-bond acceptors (Lipinski definition) is 7. The van der Waals surface area contributed by atoms with Crippen molar-refractivity contribution in [2.45, 2.75) is 19.1 Å². The monoisotopic (exact) mass is 383 g/mol. The number of hydrogen-bond donors (Lipinski definition) is 1. The van der Waals surface area contributed by atoms with Crippen LogP contribution >= 0.6 is 0 Å². The standard InChI is InChI=1S/C20H17NO7/c1-11(22)28-13-9-7-12(8-10-13)17(23)16(20(26)27-2)21-18(24)14-5-3-4-6-15(14)19(21)25/h3-10,16-17,23H,1-2H3/t16-,17-/m0/s1. The van der Waals surface area contributed by atoms with Crippen molar-refractivity contribution in [3.63, 3.8) is 0 Å². The second kappa shape index (κ2) is 7.61. The number of esters is 2. The molecule has 0 fully saturated rings. The molecule has 2 amide bonds. The lowest BCUT2D eigenvalue weighted by Gasteiger charge is -2.28. The Morgan fingerprint density at radius 2 is 1.50 bits per heavy atom. The Kier molecular flexibility index (Phi) is 5.23. The molecule has 8 heteroatoms. The molecule has 0 saturated heterocycles. The summed E-state index contributed by atoms with van der Waals surface area (Å²) < 4.78 is 9.65. The van der Waals surface area contributed by atoms with Crippen LogP contribution in [0.1, 0.15) is 39.3 Å². The molecule has 0 radical (unpaired) electrons. The van der Waals surface area contributed by atoms with Gasteiger partial charge in [0.2, 0.25) is 0 Å². The minimum atomic E-state index is -1.57. The number of fused-ring (bicyclic) bond motifs is 1. The maximum atomic E-state index is 12.7. The van der Waals surface area contributed by atoms with Crippen LogP contribution in [0.4, 0.5) is 0 Å². The summed E-state index contributed by atoms with van der Waals surface area (Å²) in [4.78, 5) is 49.5. The van der Waals surface area contributed by atoms with Gasteiger partial charge in [-0.3, -0.25) is 19.3 Å². The molecule has 1 aliphatic rings. The first-order chi connectivity index (χ1) is 13.3. The lowest BCUT2D eigenvalue weighted by molar-refractivity contribution is -0.149. The van der Waals surface area contributed by atoms with E-state index in [-0.39, 0.29) is 22.4 Å². The van der Waals surface area contributed by atoms with Crippen LogP contribution in [-0.2, 0) is 14.3 Å². The molecule has 8 nitrogen and oxygen atoms in total. The molecule has 0 aliphatic carbocycles. The van der Waals surface area contributed by atoms with Crippen LogP contribution in [0.5, 0.6) is 5.75 Å². The number of aliphatic hydroxyl groups is 1. The highest BCUT2D eigenvalue weighted by atomic mass is 16.5. The molecule has 1 N–H and O–H groups in total. The topological polar surface area (TPSA) is 110 Å². The Morgan fingerprint density at radius 1 is 0.964 bits per heavy atom. The molecular weight excluding hydrogens is 366 g/mol. The van der Waals surface area contributed by atoms with E-state index in [9.17, 15) is 24.3 Å². The fourth-order valence-corrected chi connectivity index (χ4v) is 3.04. The minimum absolute atomic E-state index is 0.152. The summed E-state index contributed by atoms with van der Waals surface area (Å²) in [5.41, 5.74) is 0.542. The van der Waals surface area contributed by atoms with E-state index in [2.05, 4.69) is 0 Å². The lowest BCUT2D eigenvalue weighted by atomic mass is 10.0. The Labute approximate surface area is 160 Å². The van der Waals surface area contributed by atoms with Gasteiger partial charge in [0, 0.05) is 6.92 Å². The summed E-state index contributed by atoms with van der Waals surface area (Å²) in [6.07, 6.45) is -1.54. The van der Waals surface area contributed by atoms with Crippen LogP contribution in [0.3, 0.4) is 0 Å². The quantitative estimate of drug-likeness (QED) is 0.473. The Morgan fingerprint density at radius 3 is 1.96 bits per heavy atom. The third-order valence-electron chi connectivity index (χ3n) is 4.33. The fraction of sp³-hybridized carbons (Fsp3) is 0.200. The Bertz CT molecular complexity index is 916. The predicted molar refractivity (Wildman–Crippen MR) is 95.5 cm³/mol. The number of amides is 2. The number of carbonyl (C=O) groups is 4. The second-order valence-electron chi connectivity index (χ2n) is 6.10. The molecule has 3 rings (SSSR count). The highest BCUT2D eigenvalue weighted by molar-refractivity contribution is 6.22. The molecule has 2 aromatic carbocycles. The molecule has 28 heavy (non-hydrogen) atoms. The molecule has 0 aromatic heterocycles. The van der Waals surface area contributed by atoms with E-state index in [0.717, 1.165) is 7.11 Å². The number of methoxy groups -OCH3 is 1. The molecule has 0 bridgehead atoms. The second-order valence-corrected chi connectivity index (χ2v) is 6.10. The molecule has 2 atom stereocenters. The van der Waals surface area contributed by atoms with Gasteiger partial charge in [-0.25, -0.2) is 4.79 Å². The van der Waals surface area contributed by atoms with Crippen LogP contribution in [0, 0.1) is 0 Å². The minimum Gasteiger partial charge on any atom is -0.467 e. The van der Waals surface area contributed by atoms with Crippen LogP contribution < -0.4 is 4.74 Å². The van der Waals surface area contributed by atoms with Gasteiger partial charge in [0.1, 0.15) is 11.9 Å². The molecule has 1 aliphatic heterocycles.